The summed E-state index contributed by atoms with van der Waals surface area (Å²) >= 11 is 0. The molecule has 2 aromatic carbocycles. The minimum Gasteiger partial charge on any atom is -0.494 e. The van der Waals surface area contributed by atoms with Crippen molar-refractivity contribution < 1.29 is 18.5 Å². The normalized spacial score (nSPS) is 11.2. The largest absolute Gasteiger partial charge is 0.494 e. The van der Waals surface area contributed by atoms with Crippen molar-refractivity contribution in [2.75, 3.05) is 11.9 Å². The molecule has 0 radical (unpaired) electrons. The number of hydrogen-bond donors (Lipinski definition) is 1. The highest BCUT2D eigenvalue weighted by atomic mass is 16.5. The van der Waals surface area contributed by atoms with Gasteiger partial charge in [0.15, 0.2) is 11.5 Å². The summed E-state index contributed by atoms with van der Waals surface area (Å²) < 4.78 is 16.4. The molecule has 0 aliphatic heterocycles. The van der Waals surface area contributed by atoms with Crippen LogP contribution in [0.1, 0.15) is 44.9 Å². The maximum absolute atomic E-state index is 12.4. The monoisotopic (exact) mass is 420 g/mol. The van der Waals surface area contributed by atoms with Gasteiger partial charge in [0.1, 0.15) is 11.3 Å². The molecule has 2 heterocycles. The van der Waals surface area contributed by atoms with Crippen LogP contribution >= 0.6 is 0 Å². The fraction of sp³-hybridized carbons (Fsp3) is 0.304. The van der Waals surface area contributed by atoms with Crippen LogP contribution in [0, 0.1) is 0 Å². The van der Waals surface area contributed by atoms with Gasteiger partial charge in [-0.3, -0.25) is 4.79 Å². The molecule has 0 unspecified atom stereocenters. The van der Waals surface area contributed by atoms with Crippen LogP contribution in [0.3, 0.4) is 0 Å². The number of ether oxygens (including phenoxy) is 1. The molecule has 4 rings (SSSR count). The number of carbonyl (C=O) groups is 1. The highest BCUT2D eigenvalue weighted by Gasteiger charge is 2.13. The van der Waals surface area contributed by atoms with Crippen LogP contribution in [0.15, 0.2) is 51.4 Å². The van der Waals surface area contributed by atoms with Crippen LogP contribution in [0.5, 0.6) is 5.75 Å². The molecule has 0 spiro atoms. The molecule has 0 aliphatic rings. The minimum atomic E-state index is -0.146. The molecular weight excluding hydrogens is 396 g/mol. The number of aryl methyl sites for hydroxylation is 1. The maximum Gasteiger partial charge on any atom is 0.227 e. The average Bonchev–Trinajstić information content (AvgIpc) is 3.40. The Kier molecular flexibility index (Phi) is 5.97. The number of nitrogens with one attached hydrogen (secondary N) is 1. The summed E-state index contributed by atoms with van der Waals surface area (Å²) in [6, 6.07) is 12.9. The number of benzene rings is 2. The number of amides is 1. The second kappa shape index (κ2) is 8.99. The first kappa shape index (κ1) is 20.6. The van der Waals surface area contributed by atoms with Crippen LogP contribution in [0.4, 0.5) is 5.69 Å². The molecule has 31 heavy (non-hydrogen) atoms. The molecule has 0 atom stereocenters. The lowest BCUT2D eigenvalue weighted by Gasteiger charge is -2.03. The summed E-state index contributed by atoms with van der Waals surface area (Å²) in [5.74, 6) is 2.41. The van der Waals surface area contributed by atoms with E-state index < -0.39 is 0 Å². The van der Waals surface area contributed by atoms with E-state index in [1.807, 2.05) is 51.1 Å². The first-order valence-corrected chi connectivity index (χ1v) is 10.3. The summed E-state index contributed by atoms with van der Waals surface area (Å²) in [7, 11) is 0. The highest BCUT2D eigenvalue weighted by molar-refractivity contribution is 5.92. The predicted molar refractivity (Wildman–Crippen MR) is 116 cm³/mol. The van der Waals surface area contributed by atoms with Crippen LogP contribution in [-0.2, 0) is 11.2 Å². The SMILES string of the molecule is CCOc1ccc(-c2noc(CCC(=O)Nc3ccc4oc(C(C)C)nc4c3)n2)cc1. The third-order valence-electron chi connectivity index (χ3n) is 4.64. The molecule has 0 fully saturated rings. The van der Waals surface area contributed by atoms with Crippen LogP contribution in [-0.4, -0.2) is 27.6 Å². The summed E-state index contributed by atoms with van der Waals surface area (Å²) in [6.45, 7) is 6.59. The van der Waals surface area contributed by atoms with Gasteiger partial charge in [-0.15, -0.1) is 0 Å². The predicted octanol–water partition coefficient (Wildman–Crippen LogP) is 4.97. The van der Waals surface area contributed by atoms with Crippen molar-refractivity contribution in [2.45, 2.75) is 39.5 Å². The van der Waals surface area contributed by atoms with E-state index in [4.69, 9.17) is 13.7 Å². The summed E-state index contributed by atoms with van der Waals surface area (Å²) in [5, 5.41) is 6.87. The van der Waals surface area contributed by atoms with Crippen LogP contribution in [0.2, 0.25) is 0 Å². The zero-order chi connectivity index (χ0) is 21.8. The lowest BCUT2D eigenvalue weighted by Crippen LogP contribution is -2.12. The molecule has 1 N–H and O–H groups in total. The van der Waals surface area contributed by atoms with E-state index in [1.165, 1.54) is 0 Å². The van der Waals surface area contributed by atoms with Gasteiger partial charge in [0.2, 0.25) is 17.6 Å². The number of oxazole rings is 1. The first-order chi connectivity index (χ1) is 15.0. The zero-order valence-electron chi connectivity index (χ0n) is 17.7. The smallest absolute Gasteiger partial charge is 0.227 e. The van der Waals surface area contributed by atoms with Gasteiger partial charge in [0.05, 0.1) is 6.61 Å². The van der Waals surface area contributed by atoms with Crippen molar-refractivity contribution in [1.82, 2.24) is 15.1 Å². The number of hydrogen-bond acceptors (Lipinski definition) is 7. The van der Waals surface area contributed by atoms with Gasteiger partial charge in [-0.05, 0) is 49.4 Å². The Morgan fingerprint density at radius 1 is 1.13 bits per heavy atom. The maximum atomic E-state index is 12.4. The van der Waals surface area contributed by atoms with Crippen molar-refractivity contribution in [3.63, 3.8) is 0 Å². The summed E-state index contributed by atoms with van der Waals surface area (Å²) in [5.41, 5.74) is 2.92. The van der Waals surface area contributed by atoms with Crippen molar-refractivity contribution in [3.8, 4) is 17.1 Å². The number of carbonyl (C=O) groups excluding carboxylic acids is 1. The molecule has 4 aromatic rings. The summed E-state index contributed by atoms with van der Waals surface area (Å²) in [4.78, 5) is 21.2. The third-order valence-corrected chi connectivity index (χ3v) is 4.64. The van der Waals surface area contributed by atoms with Crippen molar-refractivity contribution >= 4 is 22.7 Å². The first-order valence-electron chi connectivity index (χ1n) is 10.3. The van der Waals surface area contributed by atoms with E-state index in [-0.39, 0.29) is 18.2 Å². The molecule has 0 aliphatic carbocycles. The number of nitrogens with zero attached hydrogens (tertiary/aromatic N) is 3. The minimum absolute atomic E-state index is 0.146. The Morgan fingerprint density at radius 3 is 2.68 bits per heavy atom. The van der Waals surface area contributed by atoms with Gasteiger partial charge < -0.3 is 19.0 Å². The molecule has 0 saturated carbocycles. The molecule has 8 heteroatoms. The van der Waals surface area contributed by atoms with Crippen LogP contribution in [0.25, 0.3) is 22.5 Å². The standard InChI is InChI=1S/C23H24N4O4/c1-4-29-17-8-5-15(6-9-17)22-26-21(31-27-22)12-11-20(28)24-16-7-10-19-18(13-16)25-23(30-19)14(2)3/h5-10,13-14H,4,11-12H2,1-3H3,(H,24,28). The second-order valence-corrected chi connectivity index (χ2v) is 7.41. The molecule has 0 saturated heterocycles. The van der Waals surface area contributed by atoms with Crippen molar-refractivity contribution in [1.29, 1.82) is 0 Å². The van der Waals surface area contributed by atoms with Crippen molar-refractivity contribution in [3.05, 3.63) is 54.2 Å². The Morgan fingerprint density at radius 2 is 1.94 bits per heavy atom. The van der Waals surface area contributed by atoms with Gasteiger partial charge in [-0.2, -0.15) is 4.98 Å². The third kappa shape index (κ3) is 4.91. The van der Waals surface area contributed by atoms with E-state index in [2.05, 4.69) is 20.4 Å². The van der Waals surface area contributed by atoms with E-state index in [9.17, 15) is 4.79 Å². The fourth-order valence-corrected chi connectivity index (χ4v) is 3.05. The van der Waals surface area contributed by atoms with E-state index in [0.29, 0.717) is 41.9 Å². The Labute approximate surface area is 179 Å². The Balaban J connectivity index is 1.34. The lowest BCUT2D eigenvalue weighted by atomic mass is 10.2. The van der Waals surface area contributed by atoms with Gasteiger partial charge >= 0.3 is 0 Å². The number of fused-ring (bicyclic) bond motifs is 1. The lowest BCUT2D eigenvalue weighted by molar-refractivity contribution is -0.116. The molecule has 1 amide bonds. The Hall–Kier alpha value is -3.68. The highest BCUT2D eigenvalue weighted by Crippen LogP contribution is 2.24. The number of anilines is 1. The van der Waals surface area contributed by atoms with Crippen molar-refractivity contribution in [2.24, 2.45) is 0 Å². The number of aromatic nitrogens is 3. The fourth-order valence-electron chi connectivity index (χ4n) is 3.05. The molecule has 0 bridgehead atoms. The number of rotatable bonds is 8. The molecule has 2 aromatic heterocycles. The van der Waals surface area contributed by atoms with Gasteiger partial charge in [-0.25, -0.2) is 4.98 Å². The average molecular weight is 420 g/mol. The van der Waals surface area contributed by atoms with Gasteiger partial charge in [-0.1, -0.05) is 19.0 Å². The molecule has 8 nitrogen and oxygen atoms in total. The Bertz CT molecular complexity index is 1180. The van der Waals surface area contributed by atoms with E-state index >= 15 is 0 Å². The summed E-state index contributed by atoms with van der Waals surface area (Å²) in [6.07, 6.45) is 0.568. The zero-order valence-corrected chi connectivity index (χ0v) is 17.7. The molecule has 160 valence electrons. The van der Waals surface area contributed by atoms with Crippen LogP contribution < -0.4 is 10.1 Å². The van der Waals surface area contributed by atoms with Gasteiger partial charge in [0.25, 0.3) is 0 Å². The van der Waals surface area contributed by atoms with E-state index in [1.54, 1.807) is 12.1 Å². The second-order valence-electron chi connectivity index (χ2n) is 7.41. The van der Waals surface area contributed by atoms with Gasteiger partial charge in [0, 0.05) is 30.0 Å². The quantitative estimate of drug-likeness (QED) is 0.429. The topological polar surface area (TPSA) is 103 Å². The van der Waals surface area contributed by atoms with E-state index in [0.717, 1.165) is 16.8 Å². The molecular formula is C23H24N4O4.